The largest absolute Gasteiger partial charge is 0.305 e. The standard InChI is InChI=1S/C23H28NSi2.C17H7F5N.Ir/c1-25(2,3)21-12-7-18(8-13-21)20-11-16-23(24-17-20)19-9-14-22(15-10-19)26(4,5)6;18-13-12(14(19)16(21)17(22)15(13)20)10-5-3-4-9(8-10)11-6-1-2-7-23-11;/h7-9,11-17H,1-6H3;1-3,5-8H;/q2*-1;. The van der Waals surface area contributed by atoms with Crippen LogP contribution in [-0.2, 0) is 20.1 Å². The molecular weight excluding hydrogens is 852 g/mol. The summed E-state index contributed by atoms with van der Waals surface area (Å²) in [5.41, 5.74) is 4.12. The maximum absolute atomic E-state index is 13.9. The van der Waals surface area contributed by atoms with Crippen LogP contribution < -0.4 is 10.4 Å². The Morgan fingerprint density at radius 1 is 0.520 bits per heavy atom. The molecule has 259 valence electrons. The molecule has 0 unspecified atom stereocenters. The van der Waals surface area contributed by atoms with Crippen molar-refractivity contribution in [2.45, 2.75) is 39.3 Å². The van der Waals surface area contributed by atoms with Crippen molar-refractivity contribution in [3.8, 4) is 44.8 Å². The third kappa shape index (κ3) is 8.79. The van der Waals surface area contributed by atoms with Crippen molar-refractivity contribution in [1.29, 1.82) is 0 Å². The minimum atomic E-state index is -2.18. The van der Waals surface area contributed by atoms with E-state index in [0.29, 0.717) is 11.3 Å². The summed E-state index contributed by atoms with van der Waals surface area (Å²) in [6.45, 7) is 14.2. The summed E-state index contributed by atoms with van der Waals surface area (Å²) in [5, 5.41) is 2.92. The zero-order valence-electron chi connectivity index (χ0n) is 28.4. The van der Waals surface area contributed by atoms with Crippen LogP contribution in [0.25, 0.3) is 44.8 Å². The number of hydrogen-bond donors (Lipinski definition) is 0. The van der Waals surface area contributed by atoms with E-state index in [9.17, 15) is 22.0 Å². The first kappa shape index (κ1) is 38.7. The molecule has 0 aliphatic rings. The molecule has 2 nitrogen and oxygen atoms in total. The van der Waals surface area contributed by atoms with Crippen molar-refractivity contribution in [3.63, 3.8) is 0 Å². The van der Waals surface area contributed by atoms with Crippen LogP contribution in [0, 0.1) is 41.2 Å². The summed E-state index contributed by atoms with van der Waals surface area (Å²) in [5.74, 6) is -9.90. The molecule has 6 aromatic rings. The second-order valence-electron chi connectivity index (χ2n) is 13.7. The monoisotopic (exact) mass is 887 g/mol. The van der Waals surface area contributed by atoms with Gasteiger partial charge in [-0.15, -0.1) is 64.8 Å². The summed E-state index contributed by atoms with van der Waals surface area (Å²) in [6, 6.07) is 34.8. The van der Waals surface area contributed by atoms with E-state index < -0.39 is 50.8 Å². The molecular formula is C40H35F5IrN2Si2-2. The van der Waals surface area contributed by atoms with E-state index in [1.54, 1.807) is 18.2 Å². The van der Waals surface area contributed by atoms with E-state index >= 15 is 0 Å². The molecule has 2 heterocycles. The average Bonchev–Trinajstić information content (AvgIpc) is 3.10. The van der Waals surface area contributed by atoms with Crippen molar-refractivity contribution < 1.29 is 42.1 Å². The molecule has 0 aliphatic carbocycles. The molecule has 10 heteroatoms. The fourth-order valence-electron chi connectivity index (χ4n) is 5.09. The Kier molecular flexibility index (Phi) is 12.3. The van der Waals surface area contributed by atoms with E-state index in [2.05, 4.69) is 116 Å². The number of pyridine rings is 2. The van der Waals surface area contributed by atoms with Gasteiger partial charge in [-0.3, -0.25) is 0 Å². The summed E-state index contributed by atoms with van der Waals surface area (Å²) < 4.78 is 67.5. The van der Waals surface area contributed by atoms with Crippen LogP contribution in [0.5, 0.6) is 0 Å². The molecule has 1 radical (unpaired) electrons. The van der Waals surface area contributed by atoms with Crippen molar-refractivity contribution in [3.05, 3.63) is 145 Å². The average molecular weight is 887 g/mol. The van der Waals surface area contributed by atoms with Crippen molar-refractivity contribution >= 4 is 26.5 Å². The molecule has 0 bridgehead atoms. The van der Waals surface area contributed by atoms with Crippen LogP contribution in [0.2, 0.25) is 39.3 Å². The van der Waals surface area contributed by atoms with E-state index in [0.717, 1.165) is 16.8 Å². The molecule has 0 amide bonds. The second-order valence-corrected chi connectivity index (χ2v) is 23.8. The van der Waals surface area contributed by atoms with Gasteiger partial charge in [0.05, 0.1) is 8.07 Å². The van der Waals surface area contributed by atoms with Crippen molar-refractivity contribution in [1.82, 2.24) is 9.97 Å². The van der Waals surface area contributed by atoms with Crippen LogP contribution in [0.4, 0.5) is 22.0 Å². The zero-order chi connectivity index (χ0) is 35.5. The van der Waals surface area contributed by atoms with Gasteiger partial charge in [0.15, 0.2) is 23.3 Å². The van der Waals surface area contributed by atoms with Crippen LogP contribution in [0.15, 0.2) is 103 Å². The SMILES string of the molecule is C[Si](C)(C)c1c[c-]c(-c2ccc(-c3ccc([Si](C)(C)C)cc3)cn2)cc1.Fc1c(F)c(F)c(-c2cc[c-]c(-c3ccccn3)c2)c(F)c1F.[Ir]. The molecule has 0 N–H and O–H groups in total. The van der Waals surface area contributed by atoms with Gasteiger partial charge in [-0.05, 0) is 28.6 Å². The van der Waals surface area contributed by atoms with Gasteiger partial charge in [0, 0.05) is 46.1 Å². The third-order valence-electron chi connectivity index (χ3n) is 8.04. The quantitative estimate of drug-likeness (QED) is 0.0548. The molecule has 0 spiro atoms. The number of benzene rings is 4. The molecule has 6 rings (SSSR count). The first-order valence-corrected chi connectivity index (χ1v) is 22.7. The van der Waals surface area contributed by atoms with Gasteiger partial charge in [0.2, 0.25) is 5.82 Å². The van der Waals surface area contributed by atoms with Gasteiger partial charge in [-0.25, -0.2) is 22.0 Å². The Hall–Kier alpha value is -4.09. The van der Waals surface area contributed by atoms with Crippen LogP contribution >= 0.6 is 0 Å². The van der Waals surface area contributed by atoms with Gasteiger partial charge in [0.1, 0.15) is 0 Å². The molecule has 0 aliphatic heterocycles. The van der Waals surface area contributed by atoms with E-state index in [1.165, 1.54) is 40.3 Å². The van der Waals surface area contributed by atoms with Crippen LogP contribution in [-0.4, -0.2) is 26.1 Å². The number of nitrogens with zero attached hydrogens (tertiary/aromatic N) is 2. The maximum Gasteiger partial charge on any atom is 0.200 e. The molecule has 0 fully saturated rings. The van der Waals surface area contributed by atoms with Gasteiger partial charge < -0.3 is 9.97 Å². The van der Waals surface area contributed by atoms with Gasteiger partial charge >= 0.3 is 0 Å². The molecule has 4 aromatic carbocycles. The van der Waals surface area contributed by atoms with Crippen molar-refractivity contribution in [2.75, 3.05) is 0 Å². The van der Waals surface area contributed by atoms with E-state index in [-0.39, 0.29) is 25.7 Å². The minimum absolute atomic E-state index is 0. The summed E-state index contributed by atoms with van der Waals surface area (Å²) in [7, 11) is -2.52. The minimum Gasteiger partial charge on any atom is -0.305 e. The summed E-state index contributed by atoms with van der Waals surface area (Å²) in [6.07, 6.45) is 3.48. The third-order valence-corrected chi connectivity index (χ3v) is 12.2. The van der Waals surface area contributed by atoms with Gasteiger partial charge in [-0.2, -0.15) is 0 Å². The molecule has 0 saturated heterocycles. The number of aromatic nitrogens is 2. The first-order chi connectivity index (χ1) is 23.1. The number of halogens is 5. The fourth-order valence-corrected chi connectivity index (χ4v) is 7.34. The summed E-state index contributed by atoms with van der Waals surface area (Å²) in [4.78, 5) is 8.73. The molecule has 50 heavy (non-hydrogen) atoms. The van der Waals surface area contributed by atoms with Gasteiger partial charge in [-0.1, -0.05) is 98.6 Å². The van der Waals surface area contributed by atoms with Crippen molar-refractivity contribution in [2.24, 2.45) is 0 Å². The van der Waals surface area contributed by atoms with Crippen LogP contribution in [0.1, 0.15) is 0 Å². The molecule has 0 atom stereocenters. The predicted molar refractivity (Wildman–Crippen MR) is 194 cm³/mol. The second kappa shape index (κ2) is 15.9. The molecule has 0 saturated carbocycles. The number of hydrogen-bond acceptors (Lipinski definition) is 2. The normalized spacial score (nSPS) is 11.3. The predicted octanol–water partition coefficient (Wildman–Crippen LogP) is 10.2. The Balaban J connectivity index is 0.000000222. The molecule has 2 aromatic heterocycles. The van der Waals surface area contributed by atoms with E-state index in [1.807, 2.05) is 6.20 Å². The Bertz CT molecular complexity index is 1960. The zero-order valence-corrected chi connectivity index (χ0v) is 32.8. The Morgan fingerprint density at radius 3 is 1.62 bits per heavy atom. The van der Waals surface area contributed by atoms with Crippen LogP contribution in [0.3, 0.4) is 0 Å². The maximum atomic E-state index is 13.9. The first-order valence-electron chi connectivity index (χ1n) is 15.7. The number of rotatable bonds is 6. The fraction of sp³-hybridized carbons (Fsp3) is 0.150. The topological polar surface area (TPSA) is 25.8 Å². The van der Waals surface area contributed by atoms with E-state index in [4.69, 9.17) is 0 Å². The summed E-state index contributed by atoms with van der Waals surface area (Å²) >= 11 is 0. The smallest absolute Gasteiger partial charge is 0.200 e. The Morgan fingerprint density at radius 2 is 1.10 bits per heavy atom. The van der Waals surface area contributed by atoms with Gasteiger partial charge in [0.25, 0.3) is 0 Å². The Labute approximate surface area is 305 Å².